The fraction of sp³-hybridized carbons (Fsp3) is 0.300. The van der Waals surface area contributed by atoms with Crippen molar-refractivity contribution in [3.05, 3.63) is 33.8 Å². The van der Waals surface area contributed by atoms with Gasteiger partial charge < -0.3 is 0 Å². The quantitative estimate of drug-likeness (QED) is 0.664. The number of aliphatic imine (C=N–C) groups is 1. The van der Waals surface area contributed by atoms with Crippen molar-refractivity contribution in [2.24, 2.45) is 4.99 Å². The van der Waals surface area contributed by atoms with E-state index in [-0.39, 0.29) is 5.54 Å². The fourth-order valence-electron chi connectivity index (χ4n) is 0.998. The number of halogens is 2. The Morgan fingerprint density at radius 1 is 1.15 bits per heavy atom. The first-order valence-electron chi connectivity index (χ1n) is 3.90. The topological polar surface area (TPSA) is 12.4 Å². The van der Waals surface area contributed by atoms with Gasteiger partial charge in [-0.2, -0.15) is 0 Å². The van der Waals surface area contributed by atoms with Crippen LogP contribution >= 0.6 is 23.2 Å². The Hall–Kier alpha value is -0.530. The largest absolute Gasteiger partial charge is 0.290 e. The Morgan fingerprint density at radius 2 is 1.62 bits per heavy atom. The first kappa shape index (κ1) is 10.6. The summed E-state index contributed by atoms with van der Waals surface area (Å²) in [7, 11) is 0. The lowest BCUT2D eigenvalue weighted by Gasteiger charge is -2.19. The second kappa shape index (κ2) is 3.69. The van der Waals surface area contributed by atoms with Crippen LogP contribution in [0.3, 0.4) is 0 Å². The average molecular weight is 216 g/mol. The highest BCUT2D eigenvalue weighted by molar-refractivity contribution is 6.34. The van der Waals surface area contributed by atoms with E-state index >= 15 is 0 Å². The zero-order chi connectivity index (χ0) is 10.1. The second-order valence-corrected chi connectivity index (χ2v) is 4.25. The molecule has 0 aliphatic heterocycles. The summed E-state index contributed by atoms with van der Waals surface area (Å²) in [5.74, 6) is 0. The van der Waals surface area contributed by atoms with Crippen LogP contribution in [0.4, 0.5) is 0 Å². The molecule has 1 nitrogen and oxygen atoms in total. The van der Waals surface area contributed by atoms with Crippen LogP contribution in [-0.2, 0) is 5.54 Å². The Bertz CT molecular complexity index is 311. The van der Waals surface area contributed by atoms with Crippen molar-refractivity contribution in [2.45, 2.75) is 19.4 Å². The molecule has 1 aromatic carbocycles. The lowest BCUT2D eigenvalue weighted by molar-refractivity contribution is 0.563. The SMILES string of the molecule is C=NC(C)(C)c1cc(Cl)cc(Cl)c1. The van der Waals surface area contributed by atoms with Crippen LogP contribution in [0.2, 0.25) is 10.0 Å². The lowest BCUT2D eigenvalue weighted by atomic mass is 9.95. The van der Waals surface area contributed by atoms with Crippen LogP contribution in [0.1, 0.15) is 19.4 Å². The van der Waals surface area contributed by atoms with Gasteiger partial charge in [0.2, 0.25) is 0 Å². The third kappa shape index (κ3) is 2.45. The molecule has 0 saturated heterocycles. The van der Waals surface area contributed by atoms with Crippen LogP contribution < -0.4 is 0 Å². The molecule has 13 heavy (non-hydrogen) atoms. The van der Waals surface area contributed by atoms with Crippen molar-refractivity contribution in [1.82, 2.24) is 0 Å². The van der Waals surface area contributed by atoms with E-state index in [1.807, 2.05) is 26.0 Å². The van der Waals surface area contributed by atoms with Crippen LogP contribution in [0.15, 0.2) is 23.2 Å². The highest BCUT2D eigenvalue weighted by atomic mass is 35.5. The Balaban J connectivity index is 3.22. The first-order valence-corrected chi connectivity index (χ1v) is 4.66. The molecular weight excluding hydrogens is 205 g/mol. The standard InChI is InChI=1S/C10H11Cl2N/c1-10(2,13-3)7-4-8(11)6-9(12)5-7/h4-6H,3H2,1-2H3. The molecule has 0 aliphatic rings. The maximum atomic E-state index is 5.87. The average Bonchev–Trinajstić information content (AvgIpc) is 2.02. The minimum atomic E-state index is -0.339. The minimum Gasteiger partial charge on any atom is -0.290 e. The van der Waals surface area contributed by atoms with E-state index in [0.29, 0.717) is 10.0 Å². The molecule has 3 heteroatoms. The van der Waals surface area contributed by atoms with Gasteiger partial charge in [0.1, 0.15) is 0 Å². The van der Waals surface area contributed by atoms with Crippen molar-refractivity contribution < 1.29 is 0 Å². The molecule has 0 aromatic heterocycles. The molecular formula is C10H11Cl2N. The second-order valence-electron chi connectivity index (χ2n) is 3.38. The highest BCUT2D eigenvalue weighted by Crippen LogP contribution is 2.29. The highest BCUT2D eigenvalue weighted by Gasteiger charge is 2.18. The molecule has 0 heterocycles. The van der Waals surface area contributed by atoms with Crippen molar-refractivity contribution in [3.8, 4) is 0 Å². The number of hydrogen-bond donors (Lipinski definition) is 0. The summed E-state index contributed by atoms with van der Waals surface area (Å²) in [6.07, 6.45) is 0. The molecule has 0 bridgehead atoms. The van der Waals surface area contributed by atoms with Crippen LogP contribution in [0.5, 0.6) is 0 Å². The van der Waals surface area contributed by atoms with Crippen LogP contribution in [-0.4, -0.2) is 6.72 Å². The summed E-state index contributed by atoms with van der Waals surface area (Å²) in [6, 6.07) is 5.40. The Labute approximate surface area is 88.4 Å². The summed E-state index contributed by atoms with van der Waals surface area (Å²) in [5, 5.41) is 1.25. The molecule has 0 amide bonds. The van der Waals surface area contributed by atoms with Gasteiger partial charge in [-0.1, -0.05) is 23.2 Å². The normalized spacial score (nSPS) is 11.4. The maximum Gasteiger partial charge on any atom is 0.0794 e. The molecule has 0 fully saturated rings. The number of nitrogens with zero attached hydrogens (tertiary/aromatic N) is 1. The predicted octanol–water partition coefficient (Wildman–Crippen LogP) is 3.93. The van der Waals surface area contributed by atoms with Gasteiger partial charge in [0, 0.05) is 10.0 Å². The molecule has 0 atom stereocenters. The smallest absolute Gasteiger partial charge is 0.0794 e. The van der Waals surface area contributed by atoms with Gasteiger partial charge in [-0.05, 0) is 44.3 Å². The summed E-state index contributed by atoms with van der Waals surface area (Å²) >= 11 is 11.7. The van der Waals surface area contributed by atoms with Gasteiger partial charge >= 0.3 is 0 Å². The molecule has 0 radical (unpaired) electrons. The van der Waals surface area contributed by atoms with Crippen LogP contribution in [0, 0.1) is 0 Å². The Morgan fingerprint density at radius 3 is 2.00 bits per heavy atom. The van der Waals surface area contributed by atoms with E-state index in [2.05, 4.69) is 11.7 Å². The third-order valence-electron chi connectivity index (χ3n) is 1.96. The van der Waals surface area contributed by atoms with Crippen LogP contribution in [0.25, 0.3) is 0 Å². The predicted molar refractivity (Wildman–Crippen MR) is 59.0 cm³/mol. The molecule has 0 N–H and O–H groups in total. The molecule has 0 spiro atoms. The van der Waals surface area contributed by atoms with E-state index in [1.54, 1.807) is 6.07 Å². The summed E-state index contributed by atoms with van der Waals surface area (Å²) in [4.78, 5) is 4.01. The maximum absolute atomic E-state index is 5.87. The van der Waals surface area contributed by atoms with Gasteiger partial charge in [0.15, 0.2) is 0 Å². The molecule has 0 saturated carbocycles. The van der Waals surface area contributed by atoms with Gasteiger partial charge in [-0.15, -0.1) is 0 Å². The molecule has 70 valence electrons. The van der Waals surface area contributed by atoms with E-state index in [0.717, 1.165) is 5.56 Å². The van der Waals surface area contributed by atoms with Gasteiger partial charge in [-0.25, -0.2) is 0 Å². The van der Waals surface area contributed by atoms with Gasteiger partial charge in [-0.3, -0.25) is 4.99 Å². The third-order valence-corrected chi connectivity index (χ3v) is 2.40. The van der Waals surface area contributed by atoms with Crippen molar-refractivity contribution in [2.75, 3.05) is 0 Å². The van der Waals surface area contributed by atoms with E-state index in [4.69, 9.17) is 23.2 Å². The van der Waals surface area contributed by atoms with Crippen molar-refractivity contribution >= 4 is 29.9 Å². The van der Waals surface area contributed by atoms with E-state index in [1.165, 1.54) is 0 Å². The number of benzene rings is 1. The zero-order valence-electron chi connectivity index (χ0n) is 7.64. The Kier molecular flexibility index (Phi) is 2.99. The molecule has 0 unspecified atom stereocenters. The van der Waals surface area contributed by atoms with E-state index in [9.17, 15) is 0 Å². The molecule has 0 aliphatic carbocycles. The monoisotopic (exact) mass is 215 g/mol. The van der Waals surface area contributed by atoms with Crippen molar-refractivity contribution in [1.29, 1.82) is 0 Å². The van der Waals surface area contributed by atoms with Gasteiger partial charge in [0.05, 0.1) is 5.54 Å². The first-order chi connectivity index (χ1) is 5.95. The summed E-state index contributed by atoms with van der Waals surface area (Å²) in [6.45, 7) is 7.45. The van der Waals surface area contributed by atoms with Gasteiger partial charge in [0.25, 0.3) is 0 Å². The lowest BCUT2D eigenvalue weighted by Crippen LogP contribution is -2.12. The number of rotatable bonds is 2. The summed E-state index contributed by atoms with van der Waals surface area (Å²) in [5.41, 5.74) is 0.633. The van der Waals surface area contributed by atoms with E-state index < -0.39 is 0 Å². The van der Waals surface area contributed by atoms with Crippen molar-refractivity contribution in [3.63, 3.8) is 0 Å². The zero-order valence-corrected chi connectivity index (χ0v) is 9.15. The molecule has 1 aromatic rings. The summed E-state index contributed by atoms with van der Waals surface area (Å²) < 4.78 is 0. The molecule has 1 rings (SSSR count). The minimum absolute atomic E-state index is 0.339. The number of hydrogen-bond acceptors (Lipinski definition) is 1. The fourth-order valence-corrected chi connectivity index (χ4v) is 1.52.